The molecule has 1 rings (SSSR count). The number of nitrogens with two attached hydrogens (primary N) is 1. The third-order valence-corrected chi connectivity index (χ3v) is 3.54. The van der Waals surface area contributed by atoms with E-state index in [9.17, 15) is 4.39 Å². The van der Waals surface area contributed by atoms with Gasteiger partial charge < -0.3 is 5.73 Å². The van der Waals surface area contributed by atoms with Gasteiger partial charge in [-0.25, -0.2) is 4.39 Å². The van der Waals surface area contributed by atoms with Crippen molar-refractivity contribution in [2.24, 2.45) is 11.7 Å². The molecule has 0 aliphatic heterocycles. The minimum Gasteiger partial charge on any atom is -0.321 e. The summed E-state index contributed by atoms with van der Waals surface area (Å²) in [6.07, 6.45) is 3.91. The predicted octanol–water partition coefficient (Wildman–Crippen LogP) is 4.22. The fraction of sp³-hybridized carbons (Fsp3) is 0.600. The number of benzene rings is 1. The molecule has 17 heavy (non-hydrogen) atoms. The fourth-order valence-corrected chi connectivity index (χ4v) is 2.53. The Morgan fingerprint density at radius 2 is 1.94 bits per heavy atom. The van der Waals surface area contributed by atoms with Crippen molar-refractivity contribution in [3.05, 3.63) is 35.6 Å². The molecule has 0 bridgehead atoms. The molecule has 2 N–H and O–H groups in total. The second-order valence-corrected chi connectivity index (χ2v) is 5.09. The minimum atomic E-state index is -0.528. The van der Waals surface area contributed by atoms with Gasteiger partial charge in [0.25, 0.3) is 0 Å². The summed E-state index contributed by atoms with van der Waals surface area (Å²) in [4.78, 5) is 0. The highest BCUT2D eigenvalue weighted by atomic mass is 19.1. The summed E-state index contributed by atoms with van der Waals surface area (Å²) >= 11 is 0. The summed E-state index contributed by atoms with van der Waals surface area (Å²) in [5.41, 5.74) is 6.54. The summed E-state index contributed by atoms with van der Waals surface area (Å²) < 4.78 is 13.8. The van der Waals surface area contributed by atoms with Gasteiger partial charge in [-0.15, -0.1) is 0 Å². The topological polar surface area (TPSA) is 26.0 Å². The van der Waals surface area contributed by atoms with Crippen LogP contribution in [0.15, 0.2) is 24.3 Å². The molecule has 0 fully saturated rings. The SMILES string of the molecule is CCCC(C)CC(N)(CC)c1ccccc1F. The Hall–Kier alpha value is -0.890. The number of hydrogen-bond donors (Lipinski definition) is 1. The molecule has 1 aromatic rings. The van der Waals surface area contributed by atoms with Crippen molar-refractivity contribution in [3.8, 4) is 0 Å². The molecular formula is C15H24FN. The van der Waals surface area contributed by atoms with Crippen molar-refractivity contribution in [2.75, 3.05) is 0 Å². The van der Waals surface area contributed by atoms with Gasteiger partial charge in [-0.2, -0.15) is 0 Å². The van der Waals surface area contributed by atoms with Gasteiger partial charge >= 0.3 is 0 Å². The first-order valence-corrected chi connectivity index (χ1v) is 6.57. The van der Waals surface area contributed by atoms with Crippen LogP contribution in [0.2, 0.25) is 0 Å². The number of hydrogen-bond acceptors (Lipinski definition) is 1. The molecule has 96 valence electrons. The van der Waals surface area contributed by atoms with Crippen molar-refractivity contribution < 1.29 is 4.39 Å². The summed E-state index contributed by atoms with van der Waals surface area (Å²) in [6.45, 7) is 6.40. The zero-order chi connectivity index (χ0) is 12.9. The minimum absolute atomic E-state index is 0.180. The van der Waals surface area contributed by atoms with E-state index in [2.05, 4.69) is 13.8 Å². The van der Waals surface area contributed by atoms with Crippen molar-refractivity contribution in [3.63, 3.8) is 0 Å². The van der Waals surface area contributed by atoms with E-state index in [4.69, 9.17) is 5.73 Å². The van der Waals surface area contributed by atoms with Crippen molar-refractivity contribution in [1.82, 2.24) is 0 Å². The first-order chi connectivity index (χ1) is 8.03. The molecule has 2 atom stereocenters. The second kappa shape index (κ2) is 6.15. The molecule has 1 nitrogen and oxygen atoms in total. The molecule has 0 saturated carbocycles. The van der Waals surface area contributed by atoms with E-state index < -0.39 is 5.54 Å². The van der Waals surface area contributed by atoms with E-state index >= 15 is 0 Å². The van der Waals surface area contributed by atoms with Gasteiger partial charge in [0.1, 0.15) is 5.82 Å². The van der Waals surface area contributed by atoms with Crippen molar-refractivity contribution in [1.29, 1.82) is 0 Å². The summed E-state index contributed by atoms with van der Waals surface area (Å²) in [5, 5.41) is 0. The Kier molecular flexibility index (Phi) is 5.13. The van der Waals surface area contributed by atoms with Crippen LogP contribution in [0.1, 0.15) is 52.0 Å². The van der Waals surface area contributed by atoms with Crippen LogP contribution in [-0.2, 0) is 5.54 Å². The van der Waals surface area contributed by atoms with Gasteiger partial charge in [0.05, 0.1) is 0 Å². The highest BCUT2D eigenvalue weighted by Crippen LogP contribution is 2.32. The maximum atomic E-state index is 13.8. The first-order valence-electron chi connectivity index (χ1n) is 6.57. The monoisotopic (exact) mass is 237 g/mol. The van der Waals surface area contributed by atoms with Gasteiger partial charge in [0.2, 0.25) is 0 Å². The fourth-order valence-electron chi connectivity index (χ4n) is 2.53. The van der Waals surface area contributed by atoms with Gasteiger partial charge in [-0.05, 0) is 24.8 Å². The van der Waals surface area contributed by atoms with E-state index in [1.54, 1.807) is 6.07 Å². The van der Waals surface area contributed by atoms with E-state index in [0.717, 1.165) is 25.7 Å². The van der Waals surface area contributed by atoms with Gasteiger partial charge in [-0.1, -0.05) is 51.8 Å². The molecule has 0 radical (unpaired) electrons. The zero-order valence-electron chi connectivity index (χ0n) is 11.2. The van der Waals surface area contributed by atoms with Gasteiger partial charge in [0.15, 0.2) is 0 Å². The molecule has 0 heterocycles. The molecule has 0 saturated heterocycles. The van der Waals surface area contributed by atoms with Crippen LogP contribution in [0.3, 0.4) is 0 Å². The Balaban J connectivity index is 2.92. The highest BCUT2D eigenvalue weighted by molar-refractivity contribution is 5.25. The number of rotatable bonds is 6. The van der Waals surface area contributed by atoms with Crippen molar-refractivity contribution in [2.45, 2.75) is 52.0 Å². The molecule has 2 unspecified atom stereocenters. The quantitative estimate of drug-likeness (QED) is 0.787. The average molecular weight is 237 g/mol. The molecule has 0 amide bonds. The Labute approximate surface area is 104 Å². The van der Waals surface area contributed by atoms with Crippen LogP contribution in [0.25, 0.3) is 0 Å². The lowest BCUT2D eigenvalue weighted by Crippen LogP contribution is -2.38. The lowest BCUT2D eigenvalue weighted by molar-refractivity contribution is 0.303. The molecular weight excluding hydrogens is 213 g/mol. The summed E-state index contributed by atoms with van der Waals surface area (Å²) in [6, 6.07) is 6.89. The molecule has 2 heteroatoms. The lowest BCUT2D eigenvalue weighted by atomic mass is 9.79. The summed E-state index contributed by atoms with van der Waals surface area (Å²) in [5.74, 6) is 0.352. The summed E-state index contributed by atoms with van der Waals surface area (Å²) in [7, 11) is 0. The van der Waals surface area contributed by atoms with Crippen LogP contribution in [0, 0.1) is 11.7 Å². The van der Waals surface area contributed by atoms with Crippen LogP contribution in [-0.4, -0.2) is 0 Å². The lowest BCUT2D eigenvalue weighted by Gasteiger charge is -2.32. The van der Waals surface area contributed by atoms with Crippen LogP contribution >= 0.6 is 0 Å². The smallest absolute Gasteiger partial charge is 0.128 e. The van der Waals surface area contributed by atoms with Crippen molar-refractivity contribution >= 4 is 0 Å². The Morgan fingerprint density at radius 3 is 2.47 bits per heavy atom. The largest absolute Gasteiger partial charge is 0.321 e. The molecule has 1 aromatic carbocycles. The third-order valence-electron chi connectivity index (χ3n) is 3.54. The molecule has 0 aliphatic carbocycles. The van der Waals surface area contributed by atoms with E-state index in [0.29, 0.717) is 11.5 Å². The normalized spacial score (nSPS) is 16.5. The standard InChI is InChI=1S/C15H24FN/c1-4-8-12(3)11-15(17,5-2)13-9-6-7-10-14(13)16/h6-7,9-10,12H,4-5,8,11,17H2,1-3H3. The average Bonchev–Trinajstić information content (AvgIpc) is 2.29. The predicted molar refractivity (Wildman–Crippen MR) is 71.2 cm³/mol. The molecule has 0 aromatic heterocycles. The first kappa shape index (κ1) is 14.2. The van der Waals surface area contributed by atoms with Gasteiger partial charge in [-0.3, -0.25) is 0 Å². The maximum absolute atomic E-state index is 13.8. The van der Waals surface area contributed by atoms with Crippen LogP contribution in [0.4, 0.5) is 4.39 Å². The van der Waals surface area contributed by atoms with E-state index in [-0.39, 0.29) is 5.82 Å². The molecule has 0 spiro atoms. The highest BCUT2D eigenvalue weighted by Gasteiger charge is 2.29. The number of halogens is 1. The Bertz CT molecular complexity index is 351. The zero-order valence-corrected chi connectivity index (χ0v) is 11.2. The molecule has 0 aliphatic rings. The Morgan fingerprint density at radius 1 is 1.29 bits per heavy atom. The van der Waals surface area contributed by atoms with E-state index in [1.807, 2.05) is 19.1 Å². The second-order valence-electron chi connectivity index (χ2n) is 5.09. The van der Waals surface area contributed by atoms with Gasteiger partial charge in [0, 0.05) is 11.1 Å². The van der Waals surface area contributed by atoms with E-state index in [1.165, 1.54) is 6.07 Å². The van der Waals surface area contributed by atoms with Crippen LogP contribution in [0.5, 0.6) is 0 Å². The third kappa shape index (κ3) is 3.53. The van der Waals surface area contributed by atoms with Crippen LogP contribution < -0.4 is 5.73 Å². The maximum Gasteiger partial charge on any atom is 0.128 e.